The van der Waals surface area contributed by atoms with Crippen molar-refractivity contribution in [2.24, 2.45) is 0 Å². The zero-order chi connectivity index (χ0) is 17.1. The first kappa shape index (κ1) is 15.3. The van der Waals surface area contributed by atoms with Gasteiger partial charge in [-0.3, -0.25) is 0 Å². The van der Waals surface area contributed by atoms with Gasteiger partial charge in [-0.15, -0.1) is 10.2 Å². The van der Waals surface area contributed by atoms with Crippen molar-refractivity contribution in [2.75, 3.05) is 0 Å². The molecule has 1 aromatic heterocycles. The van der Waals surface area contributed by atoms with Crippen molar-refractivity contribution in [1.29, 1.82) is 0 Å². The summed E-state index contributed by atoms with van der Waals surface area (Å²) in [5.74, 6) is 0.635. The third kappa shape index (κ3) is 2.52. The Morgan fingerprint density at radius 1 is 0.720 bits per heavy atom. The van der Waals surface area contributed by atoms with Gasteiger partial charge in [0.25, 0.3) is 0 Å². The fourth-order valence-electron chi connectivity index (χ4n) is 3.46. The minimum atomic E-state index is -0.623. The van der Waals surface area contributed by atoms with Gasteiger partial charge in [-0.2, -0.15) is 5.21 Å². The number of aromatic nitrogens is 4. The van der Waals surface area contributed by atoms with Crippen molar-refractivity contribution in [1.82, 2.24) is 20.6 Å². The van der Waals surface area contributed by atoms with Gasteiger partial charge in [0.2, 0.25) is 0 Å². The van der Waals surface area contributed by atoms with E-state index in [1.54, 1.807) is 0 Å². The number of aryl methyl sites for hydroxylation is 1. The molecule has 0 spiro atoms. The summed E-state index contributed by atoms with van der Waals surface area (Å²) in [5, 5.41) is 15.3. The maximum atomic E-state index is 4.40. The van der Waals surface area contributed by atoms with E-state index in [2.05, 4.69) is 76.1 Å². The highest BCUT2D eigenvalue weighted by atomic mass is 15.5. The SMILES string of the molecule is Cc1cccc(C(c2ccccc2)(c2ccccc2)c2nn[nH]n2)c1. The van der Waals surface area contributed by atoms with Crippen LogP contribution < -0.4 is 0 Å². The number of tetrazole rings is 1. The number of aromatic amines is 1. The highest BCUT2D eigenvalue weighted by Crippen LogP contribution is 2.43. The van der Waals surface area contributed by atoms with Crippen molar-refractivity contribution in [3.63, 3.8) is 0 Å². The van der Waals surface area contributed by atoms with Crippen molar-refractivity contribution >= 4 is 0 Å². The van der Waals surface area contributed by atoms with Gasteiger partial charge in [0.05, 0.1) is 0 Å². The first-order chi connectivity index (χ1) is 12.3. The number of nitrogens with one attached hydrogen (secondary N) is 1. The topological polar surface area (TPSA) is 54.5 Å². The Labute approximate surface area is 146 Å². The van der Waals surface area contributed by atoms with Gasteiger partial charge in [0.1, 0.15) is 5.41 Å². The second kappa shape index (κ2) is 6.32. The summed E-state index contributed by atoms with van der Waals surface area (Å²) in [6.07, 6.45) is 0. The molecule has 0 saturated heterocycles. The fraction of sp³-hybridized carbons (Fsp3) is 0.0952. The highest BCUT2D eigenvalue weighted by molar-refractivity contribution is 5.56. The average Bonchev–Trinajstić information content (AvgIpc) is 3.19. The van der Waals surface area contributed by atoms with Crippen LogP contribution in [0.1, 0.15) is 28.1 Å². The van der Waals surface area contributed by atoms with Gasteiger partial charge in [0, 0.05) is 0 Å². The quantitative estimate of drug-likeness (QED) is 0.579. The molecule has 1 N–H and O–H groups in total. The van der Waals surface area contributed by atoms with Crippen LogP contribution in [0.4, 0.5) is 0 Å². The number of H-pyrrole nitrogens is 1. The fourth-order valence-corrected chi connectivity index (χ4v) is 3.46. The molecule has 0 unspecified atom stereocenters. The predicted octanol–water partition coefficient (Wildman–Crippen LogP) is 3.89. The van der Waals surface area contributed by atoms with E-state index in [9.17, 15) is 0 Å². The Morgan fingerprint density at radius 3 is 1.84 bits per heavy atom. The van der Waals surface area contributed by atoms with Gasteiger partial charge >= 0.3 is 0 Å². The van der Waals surface area contributed by atoms with Gasteiger partial charge in [-0.05, 0) is 23.6 Å². The number of rotatable bonds is 4. The third-order valence-corrected chi connectivity index (χ3v) is 4.55. The van der Waals surface area contributed by atoms with E-state index in [1.165, 1.54) is 5.56 Å². The van der Waals surface area contributed by atoms with Gasteiger partial charge in [-0.25, -0.2) is 0 Å². The van der Waals surface area contributed by atoms with E-state index in [4.69, 9.17) is 0 Å². The van der Waals surface area contributed by atoms with Crippen LogP contribution in [-0.4, -0.2) is 20.6 Å². The minimum absolute atomic E-state index is 0.623. The lowest BCUT2D eigenvalue weighted by atomic mass is 9.68. The maximum Gasteiger partial charge on any atom is 0.193 e. The van der Waals surface area contributed by atoms with E-state index in [0.29, 0.717) is 5.82 Å². The van der Waals surface area contributed by atoms with Crippen LogP contribution in [-0.2, 0) is 5.41 Å². The molecule has 4 heteroatoms. The normalized spacial score (nSPS) is 11.4. The molecule has 0 atom stereocenters. The summed E-state index contributed by atoms with van der Waals surface area (Å²) >= 11 is 0. The molecule has 4 nitrogen and oxygen atoms in total. The summed E-state index contributed by atoms with van der Waals surface area (Å²) in [5.41, 5.74) is 3.89. The van der Waals surface area contributed by atoms with Crippen LogP contribution in [0.25, 0.3) is 0 Å². The highest BCUT2D eigenvalue weighted by Gasteiger charge is 2.42. The Hall–Kier alpha value is -3.27. The summed E-state index contributed by atoms with van der Waals surface area (Å²) < 4.78 is 0. The Balaban J connectivity index is 2.13. The zero-order valence-corrected chi connectivity index (χ0v) is 13.9. The van der Waals surface area contributed by atoms with Gasteiger partial charge < -0.3 is 0 Å². The van der Waals surface area contributed by atoms with E-state index < -0.39 is 5.41 Å². The summed E-state index contributed by atoms with van der Waals surface area (Å²) in [4.78, 5) is 0. The van der Waals surface area contributed by atoms with Crippen LogP contribution in [0.5, 0.6) is 0 Å². The lowest BCUT2D eigenvalue weighted by molar-refractivity contribution is 0.681. The Kier molecular flexibility index (Phi) is 3.86. The second-order valence-corrected chi connectivity index (χ2v) is 6.09. The van der Waals surface area contributed by atoms with Crippen LogP contribution in [0.3, 0.4) is 0 Å². The lowest BCUT2D eigenvalue weighted by Gasteiger charge is -2.33. The number of nitrogens with zero attached hydrogens (tertiary/aromatic N) is 3. The first-order valence-electron chi connectivity index (χ1n) is 8.24. The molecule has 0 saturated carbocycles. The van der Waals surface area contributed by atoms with Crippen molar-refractivity contribution in [3.8, 4) is 0 Å². The van der Waals surface area contributed by atoms with Crippen molar-refractivity contribution in [2.45, 2.75) is 12.3 Å². The van der Waals surface area contributed by atoms with Crippen LogP contribution >= 0.6 is 0 Å². The number of hydrogen-bond donors (Lipinski definition) is 1. The summed E-state index contributed by atoms with van der Waals surface area (Å²) in [6.45, 7) is 2.10. The molecule has 0 bridgehead atoms. The molecule has 4 aromatic rings. The molecular formula is C21H18N4. The third-order valence-electron chi connectivity index (χ3n) is 4.55. The van der Waals surface area contributed by atoms with Crippen LogP contribution in [0.15, 0.2) is 84.9 Å². The molecule has 0 aliphatic carbocycles. The Bertz CT molecular complexity index is 908. The van der Waals surface area contributed by atoms with E-state index >= 15 is 0 Å². The average molecular weight is 326 g/mol. The molecule has 0 radical (unpaired) electrons. The van der Waals surface area contributed by atoms with Crippen molar-refractivity contribution in [3.05, 3.63) is 113 Å². The lowest BCUT2D eigenvalue weighted by Crippen LogP contribution is -2.32. The molecule has 3 aromatic carbocycles. The van der Waals surface area contributed by atoms with Crippen LogP contribution in [0.2, 0.25) is 0 Å². The van der Waals surface area contributed by atoms with Crippen molar-refractivity contribution < 1.29 is 0 Å². The monoisotopic (exact) mass is 326 g/mol. The Morgan fingerprint density at radius 2 is 1.32 bits per heavy atom. The second-order valence-electron chi connectivity index (χ2n) is 6.09. The molecular weight excluding hydrogens is 308 g/mol. The van der Waals surface area contributed by atoms with E-state index in [1.807, 2.05) is 36.4 Å². The number of hydrogen-bond acceptors (Lipinski definition) is 3. The van der Waals surface area contributed by atoms with E-state index in [-0.39, 0.29) is 0 Å². The van der Waals surface area contributed by atoms with Gasteiger partial charge in [-0.1, -0.05) is 95.7 Å². The molecule has 0 fully saturated rings. The smallest absolute Gasteiger partial charge is 0.177 e. The predicted molar refractivity (Wildman–Crippen MR) is 97.2 cm³/mol. The maximum absolute atomic E-state index is 4.40. The molecule has 1 heterocycles. The molecule has 25 heavy (non-hydrogen) atoms. The molecule has 122 valence electrons. The first-order valence-corrected chi connectivity index (χ1v) is 8.24. The largest absolute Gasteiger partial charge is 0.193 e. The number of benzene rings is 3. The zero-order valence-electron chi connectivity index (χ0n) is 13.9. The summed E-state index contributed by atoms with van der Waals surface area (Å²) in [7, 11) is 0. The van der Waals surface area contributed by atoms with Gasteiger partial charge in [0.15, 0.2) is 5.82 Å². The minimum Gasteiger partial charge on any atom is -0.177 e. The standard InChI is InChI=1S/C21H18N4/c1-16-9-8-14-19(15-16)21(20-22-24-25-23-20,17-10-4-2-5-11-17)18-12-6-3-7-13-18/h2-15H,1H3,(H,22,23,24,25). The molecule has 4 rings (SSSR count). The molecule has 0 aliphatic rings. The summed E-state index contributed by atoms with van der Waals surface area (Å²) in [6, 6.07) is 29.2. The van der Waals surface area contributed by atoms with Crippen LogP contribution in [0, 0.1) is 6.92 Å². The molecule has 0 aliphatic heterocycles. The molecule has 0 amide bonds. The van der Waals surface area contributed by atoms with E-state index in [0.717, 1.165) is 16.7 Å².